The molecular weight excluding hydrogens is 422 g/mol. The summed E-state index contributed by atoms with van der Waals surface area (Å²) in [6.07, 6.45) is 0. The lowest BCUT2D eigenvalue weighted by molar-refractivity contribution is -0.113. The third-order valence-corrected chi connectivity index (χ3v) is 4.83. The summed E-state index contributed by atoms with van der Waals surface area (Å²) in [4.78, 5) is 23.9. The molecule has 162 valence electrons. The SMILES string of the molecule is CCOC(=O)c1ccc(NC(=O)CSc2nnc(-c3cc(OC)cc(OC)c3)o2)cc1. The summed E-state index contributed by atoms with van der Waals surface area (Å²) in [5.41, 5.74) is 1.62. The second-order valence-electron chi connectivity index (χ2n) is 6.11. The van der Waals surface area contributed by atoms with Gasteiger partial charge in [0.15, 0.2) is 0 Å². The first-order valence-corrected chi connectivity index (χ1v) is 10.3. The number of rotatable bonds is 9. The van der Waals surface area contributed by atoms with E-state index < -0.39 is 5.97 Å². The van der Waals surface area contributed by atoms with E-state index in [0.29, 0.717) is 34.9 Å². The summed E-state index contributed by atoms with van der Waals surface area (Å²) in [5, 5.41) is 11.0. The summed E-state index contributed by atoms with van der Waals surface area (Å²) in [5.74, 6) is 0.885. The minimum atomic E-state index is -0.406. The number of methoxy groups -OCH3 is 2. The van der Waals surface area contributed by atoms with Crippen molar-refractivity contribution in [1.29, 1.82) is 0 Å². The number of esters is 1. The molecule has 0 bridgehead atoms. The van der Waals surface area contributed by atoms with E-state index in [1.165, 1.54) is 0 Å². The zero-order chi connectivity index (χ0) is 22.2. The first kappa shape index (κ1) is 22.2. The standard InChI is InChI=1S/C21H21N3O6S/c1-4-29-20(26)13-5-7-15(8-6-13)22-18(25)12-31-21-24-23-19(30-21)14-9-16(27-2)11-17(10-14)28-3/h5-11H,4,12H2,1-3H3,(H,22,25). The monoisotopic (exact) mass is 443 g/mol. The van der Waals surface area contributed by atoms with Crippen LogP contribution in [0.25, 0.3) is 11.5 Å². The number of nitrogens with zero attached hydrogens (tertiary/aromatic N) is 2. The molecule has 1 amide bonds. The van der Waals surface area contributed by atoms with Gasteiger partial charge < -0.3 is 23.9 Å². The molecule has 1 N–H and O–H groups in total. The highest BCUT2D eigenvalue weighted by atomic mass is 32.2. The van der Waals surface area contributed by atoms with Gasteiger partial charge >= 0.3 is 5.97 Å². The molecule has 0 unspecified atom stereocenters. The van der Waals surface area contributed by atoms with Gasteiger partial charge in [0.25, 0.3) is 5.22 Å². The Morgan fingerprint density at radius 1 is 1.03 bits per heavy atom. The zero-order valence-corrected chi connectivity index (χ0v) is 18.0. The lowest BCUT2D eigenvalue weighted by Gasteiger charge is -2.06. The normalized spacial score (nSPS) is 10.4. The Hall–Kier alpha value is -3.53. The van der Waals surface area contributed by atoms with E-state index in [4.69, 9.17) is 18.6 Å². The van der Waals surface area contributed by atoms with Gasteiger partial charge in [0.2, 0.25) is 11.8 Å². The van der Waals surface area contributed by atoms with Crippen molar-refractivity contribution in [1.82, 2.24) is 10.2 Å². The minimum Gasteiger partial charge on any atom is -0.497 e. The molecule has 1 heterocycles. The Bertz CT molecular complexity index is 1030. The number of benzene rings is 2. The highest BCUT2D eigenvalue weighted by Gasteiger charge is 2.14. The summed E-state index contributed by atoms with van der Waals surface area (Å²) in [7, 11) is 3.10. The topological polar surface area (TPSA) is 113 Å². The first-order chi connectivity index (χ1) is 15.0. The molecule has 0 saturated heterocycles. The number of anilines is 1. The summed E-state index contributed by atoms with van der Waals surface area (Å²) in [6.45, 7) is 2.04. The van der Waals surface area contributed by atoms with Crippen molar-refractivity contribution < 1.29 is 28.2 Å². The van der Waals surface area contributed by atoms with Gasteiger partial charge in [-0.2, -0.15) is 0 Å². The molecule has 3 aromatic rings. The summed E-state index contributed by atoms with van der Waals surface area (Å²) in [6, 6.07) is 11.7. The number of carbonyl (C=O) groups is 2. The predicted molar refractivity (Wildman–Crippen MR) is 115 cm³/mol. The van der Waals surface area contributed by atoms with E-state index in [-0.39, 0.29) is 22.8 Å². The number of ether oxygens (including phenoxy) is 3. The van der Waals surface area contributed by atoms with E-state index in [9.17, 15) is 9.59 Å². The maximum atomic E-state index is 12.2. The molecule has 0 fully saturated rings. The van der Waals surface area contributed by atoms with E-state index in [0.717, 1.165) is 11.8 Å². The Morgan fingerprint density at radius 2 is 1.71 bits per heavy atom. The molecule has 0 aliphatic rings. The van der Waals surface area contributed by atoms with E-state index >= 15 is 0 Å². The van der Waals surface area contributed by atoms with Crippen LogP contribution in [0.3, 0.4) is 0 Å². The van der Waals surface area contributed by atoms with Crippen LogP contribution in [-0.2, 0) is 9.53 Å². The summed E-state index contributed by atoms with van der Waals surface area (Å²) >= 11 is 1.11. The first-order valence-electron chi connectivity index (χ1n) is 9.29. The van der Waals surface area contributed by atoms with Crippen molar-refractivity contribution >= 4 is 29.3 Å². The second kappa shape index (κ2) is 10.5. The third kappa shape index (κ3) is 5.98. The molecule has 0 spiro atoms. The zero-order valence-electron chi connectivity index (χ0n) is 17.2. The number of aromatic nitrogens is 2. The lowest BCUT2D eigenvalue weighted by Crippen LogP contribution is -2.14. The van der Waals surface area contributed by atoms with Gasteiger partial charge in [0.05, 0.1) is 32.1 Å². The summed E-state index contributed by atoms with van der Waals surface area (Å²) < 4.78 is 21.0. The van der Waals surface area contributed by atoms with Crippen molar-refractivity contribution in [2.75, 3.05) is 31.9 Å². The number of nitrogens with one attached hydrogen (secondary N) is 1. The molecular formula is C21H21N3O6S. The molecule has 0 aliphatic heterocycles. The Morgan fingerprint density at radius 3 is 2.32 bits per heavy atom. The number of hydrogen-bond acceptors (Lipinski definition) is 9. The van der Waals surface area contributed by atoms with E-state index in [1.54, 1.807) is 63.6 Å². The highest BCUT2D eigenvalue weighted by Crippen LogP contribution is 2.30. The van der Waals surface area contributed by atoms with Crippen LogP contribution in [0.1, 0.15) is 17.3 Å². The van der Waals surface area contributed by atoms with Gasteiger partial charge in [-0.1, -0.05) is 11.8 Å². The molecule has 0 aliphatic carbocycles. The van der Waals surface area contributed by atoms with Crippen molar-refractivity contribution in [3.63, 3.8) is 0 Å². The van der Waals surface area contributed by atoms with Crippen LogP contribution in [0.15, 0.2) is 52.1 Å². The largest absolute Gasteiger partial charge is 0.497 e. The molecule has 31 heavy (non-hydrogen) atoms. The van der Waals surface area contributed by atoms with Crippen LogP contribution in [0.5, 0.6) is 11.5 Å². The van der Waals surface area contributed by atoms with Gasteiger partial charge in [0, 0.05) is 17.3 Å². The Balaban J connectivity index is 1.57. The van der Waals surface area contributed by atoms with E-state index in [1.807, 2.05) is 0 Å². The number of amides is 1. The Labute approximate surface area is 183 Å². The van der Waals surface area contributed by atoms with Crippen molar-refractivity contribution in [3.05, 3.63) is 48.0 Å². The lowest BCUT2D eigenvalue weighted by atomic mass is 10.2. The van der Waals surface area contributed by atoms with Crippen LogP contribution in [-0.4, -0.2) is 48.7 Å². The molecule has 9 nitrogen and oxygen atoms in total. The third-order valence-electron chi connectivity index (χ3n) is 4.01. The second-order valence-corrected chi connectivity index (χ2v) is 7.04. The van der Waals surface area contributed by atoms with Crippen molar-refractivity contribution in [2.45, 2.75) is 12.1 Å². The number of carbonyl (C=O) groups excluding carboxylic acids is 2. The Kier molecular flexibility index (Phi) is 7.50. The smallest absolute Gasteiger partial charge is 0.338 e. The maximum Gasteiger partial charge on any atom is 0.338 e. The molecule has 0 atom stereocenters. The predicted octanol–water partition coefficient (Wildman–Crippen LogP) is 3.66. The van der Waals surface area contributed by atoms with Crippen LogP contribution in [0.2, 0.25) is 0 Å². The number of thioether (sulfide) groups is 1. The highest BCUT2D eigenvalue weighted by molar-refractivity contribution is 7.99. The molecule has 10 heteroatoms. The van der Waals surface area contributed by atoms with Crippen LogP contribution < -0.4 is 14.8 Å². The van der Waals surface area contributed by atoms with Gasteiger partial charge in [-0.15, -0.1) is 10.2 Å². The van der Waals surface area contributed by atoms with Gasteiger partial charge in [-0.3, -0.25) is 4.79 Å². The quantitative estimate of drug-likeness (QED) is 0.391. The fourth-order valence-corrected chi connectivity index (χ4v) is 3.11. The fraction of sp³-hybridized carbons (Fsp3) is 0.238. The average Bonchev–Trinajstić information content (AvgIpc) is 3.27. The van der Waals surface area contributed by atoms with E-state index in [2.05, 4.69) is 15.5 Å². The average molecular weight is 443 g/mol. The van der Waals surface area contributed by atoms with Gasteiger partial charge in [-0.05, 0) is 43.3 Å². The molecule has 0 saturated carbocycles. The van der Waals surface area contributed by atoms with Gasteiger partial charge in [-0.25, -0.2) is 4.79 Å². The number of hydrogen-bond donors (Lipinski definition) is 1. The van der Waals surface area contributed by atoms with Crippen LogP contribution in [0.4, 0.5) is 5.69 Å². The molecule has 1 aromatic heterocycles. The molecule has 0 radical (unpaired) electrons. The fourth-order valence-electron chi connectivity index (χ4n) is 2.54. The van der Waals surface area contributed by atoms with Crippen molar-refractivity contribution in [3.8, 4) is 23.0 Å². The molecule has 2 aromatic carbocycles. The van der Waals surface area contributed by atoms with Crippen LogP contribution >= 0.6 is 11.8 Å². The van der Waals surface area contributed by atoms with Crippen molar-refractivity contribution in [2.24, 2.45) is 0 Å². The maximum absolute atomic E-state index is 12.2. The molecule has 3 rings (SSSR count). The minimum absolute atomic E-state index is 0.0721. The van der Waals surface area contributed by atoms with Gasteiger partial charge in [0.1, 0.15) is 11.5 Å². The van der Waals surface area contributed by atoms with Crippen LogP contribution in [0, 0.1) is 0 Å².